The minimum absolute atomic E-state index is 0.106. The van der Waals surface area contributed by atoms with Gasteiger partial charge in [0.25, 0.3) is 0 Å². The summed E-state index contributed by atoms with van der Waals surface area (Å²) < 4.78 is 5.11. The van der Waals surface area contributed by atoms with E-state index in [1.807, 2.05) is 6.92 Å². The van der Waals surface area contributed by atoms with Crippen LogP contribution in [0, 0.1) is 5.41 Å². The van der Waals surface area contributed by atoms with Gasteiger partial charge in [-0.15, -0.1) is 0 Å². The average molecular weight is 244 g/mol. The molecule has 0 spiro atoms. The van der Waals surface area contributed by atoms with Crippen LogP contribution in [0.25, 0.3) is 0 Å². The van der Waals surface area contributed by atoms with Crippen molar-refractivity contribution in [2.45, 2.75) is 52.6 Å². The Morgan fingerprint density at radius 1 is 1.47 bits per heavy atom. The largest absolute Gasteiger partial charge is 0.382 e. The van der Waals surface area contributed by atoms with Crippen LogP contribution in [0.3, 0.4) is 0 Å². The molecule has 0 aliphatic carbocycles. The molecule has 1 unspecified atom stereocenters. The van der Waals surface area contributed by atoms with E-state index in [4.69, 9.17) is 10.5 Å². The van der Waals surface area contributed by atoms with E-state index >= 15 is 0 Å². The fourth-order valence-electron chi connectivity index (χ4n) is 1.55. The van der Waals surface area contributed by atoms with Crippen LogP contribution in [0.5, 0.6) is 0 Å². The van der Waals surface area contributed by atoms with Crippen LogP contribution < -0.4 is 11.1 Å². The predicted molar refractivity (Wildman–Crippen MR) is 70.8 cm³/mol. The molecule has 0 aliphatic rings. The molecular weight excluding hydrogens is 216 g/mol. The molecule has 1 atom stereocenters. The lowest BCUT2D eigenvalue weighted by molar-refractivity contribution is -0.122. The number of methoxy groups -OCH3 is 1. The van der Waals surface area contributed by atoms with E-state index < -0.39 is 0 Å². The van der Waals surface area contributed by atoms with Gasteiger partial charge >= 0.3 is 0 Å². The molecule has 0 aromatic heterocycles. The number of carbonyl (C=O) groups is 1. The zero-order chi connectivity index (χ0) is 13.3. The molecule has 0 saturated carbocycles. The number of nitrogens with two attached hydrogens (primary N) is 1. The summed E-state index contributed by atoms with van der Waals surface area (Å²) in [5.74, 6) is 0.106. The second-order valence-corrected chi connectivity index (χ2v) is 5.42. The summed E-state index contributed by atoms with van der Waals surface area (Å²) in [5.41, 5.74) is 5.61. The third-order valence-electron chi connectivity index (χ3n) is 3.00. The van der Waals surface area contributed by atoms with Crippen molar-refractivity contribution in [3.8, 4) is 0 Å². The van der Waals surface area contributed by atoms with Crippen molar-refractivity contribution < 1.29 is 9.53 Å². The van der Waals surface area contributed by atoms with Gasteiger partial charge in [-0.3, -0.25) is 4.79 Å². The molecule has 0 aromatic carbocycles. The highest BCUT2D eigenvalue weighted by Crippen LogP contribution is 2.20. The summed E-state index contributed by atoms with van der Waals surface area (Å²) in [5, 5.41) is 2.98. The molecule has 0 aliphatic heterocycles. The average Bonchev–Trinajstić information content (AvgIpc) is 2.31. The number of nitrogens with one attached hydrogen (secondary N) is 1. The van der Waals surface area contributed by atoms with Crippen LogP contribution >= 0.6 is 0 Å². The number of hydrogen-bond acceptors (Lipinski definition) is 3. The number of rotatable bonds is 9. The van der Waals surface area contributed by atoms with Crippen LogP contribution in [0.15, 0.2) is 0 Å². The van der Waals surface area contributed by atoms with E-state index in [1.54, 1.807) is 7.11 Å². The van der Waals surface area contributed by atoms with Gasteiger partial charge in [0.05, 0.1) is 6.10 Å². The van der Waals surface area contributed by atoms with Crippen LogP contribution in [0.4, 0.5) is 0 Å². The summed E-state index contributed by atoms with van der Waals surface area (Å²) in [7, 11) is 1.67. The summed E-state index contributed by atoms with van der Waals surface area (Å²) in [4.78, 5) is 11.6. The summed E-state index contributed by atoms with van der Waals surface area (Å²) in [6.07, 6.45) is 3.49. The Bertz CT molecular complexity index is 217. The molecule has 0 aromatic rings. The number of ether oxygens (including phenoxy) is 1. The van der Waals surface area contributed by atoms with Gasteiger partial charge in [0, 0.05) is 20.1 Å². The Hall–Kier alpha value is -0.610. The fraction of sp³-hybridized carbons (Fsp3) is 0.923. The lowest BCUT2D eigenvalue weighted by Gasteiger charge is -2.24. The van der Waals surface area contributed by atoms with Crippen molar-refractivity contribution >= 4 is 5.91 Å². The van der Waals surface area contributed by atoms with Crippen molar-refractivity contribution in [2.75, 3.05) is 20.2 Å². The van der Waals surface area contributed by atoms with Crippen LogP contribution in [0.1, 0.15) is 46.5 Å². The highest BCUT2D eigenvalue weighted by Gasteiger charge is 2.18. The van der Waals surface area contributed by atoms with Gasteiger partial charge in [-0.2, -0.15) is 0 Å². The first-order valence-corrected chi connectivity index (χ1v) is 6.41. The molecule has 0 fully saturated rings. The lowest BCUT2D eigenvalue weighted by Crippen LogP contribution is -2.34. The van der Waals surface area contributed by atoms with Crippen LogP contribution in [-0.2, 0) is 9.53 Å². The molecule has 0 radical (unpaired) electrons. The van der Waals surface area contributed by atoms with Gasteiger partial charge in [-0.1, -0.05) is 13.8 Å². The first kappa shape index (κ1) is 16.4. The van der Waals surface area contributed by atoms with Crippen molar-refractivity contribution in [3.05, 3.63) is 0 Å². The minimum atomic E-state index is 0.106. The van der Waals surface area contributed by atoms with Crippen molar-refractivity contribution in [3.63, 3.8) is 0 Å². The number of carbonyl (C=O) groups excluding carboxylic acids is 1. The molecule has 102 valence electrons. The van der Waals surface area contributed by atoms with E-state index in [0.717, 1.165) is 19.3 Å². The zero-order valence-corrected chi connectivity index (χ0v) is 11.7. The highest BCUT2D eigenvalue weighted by molar-refractivity contribution is 5.75. The maximum absolute atomic E-state index is 11.6. The lowest BCUT2D eigenvalue weighted by atomic mass is 9.87. The van der Waals surface area contributed by atoms with E-state index in [0.29, 0.717) is 19.5 Å². The predicted octanol–water partition coefficient (Wildman–Crippen LogP) is 1.68. The van der Waals surface area contributed by atoms with Gasteiger partial charge in [0.2, 0.25) is 5.91 Å². The van der Waals surface area contributed by atoms with E-state index in [-0.39, 0.29) is 17.4 Å². The fourth-order valence-corrected chi connectivity index (χ4v) is 1.55. The summed E-state index contributed by atoms with van der Waals surface area (Å²) >= 11 is 0. The second-order valence-electron chi connectivity index (χ2n) is 5.42. The smallest absolute Gasteiger partial charge is 0.220 e. The Kier molecular flexibility index (Phi) is 8.17. The maximum atomic E-state index is 11.6. The Morgan fingerprint density at radius 2 is 2.12 bits per heavy atom. The number of hydrogen-bond donors (Lipinski definition) is 2. The minimum Gasteiger partial charge on any atom is -0.382 e. The van der Waals surface area contributed by atoms with Gasteiger partial charge in [-0.25, -0.2) is 0 Å². The molecular formula is C13H28N2O2. The summed E-state index contributed by atoms with van der Waals surface area (Å²) in [6, 6.07) is 0. The Labute approximate surface area is 105 Å². The zero-order valence-electron chi connectivity index (χ0n) is 11.7. The second kappa shape index (κ2) is 8.48. The summed E-state index contributed by atoms with van der Waals surface area (Å²) in [6.45, 7) is 7.70. The van der Waals surface area contributed by atoms with Crippen molar-refractivity contribution in [1.29, 1.82) is 0 Å². The standard InChI is InChI=1S/C13H28N2O2/c1-11(17-4)6-7-12(16)15-10-13(2,3)8-5-9-14/h11H,5-10,14H2,1-4H3,(H,15,16). The molecule has 0 heterocycles. The first-order valence-electron chi connectivity index (χ1n) is 6.41. The quantitative estimate of drug-likeness (QED) is 0.648. The van der Waals surface area contributed by atoms with Crippen LogP contribution in [-0.4, -0.2) is 32.2 Å². The van der Waals surface area contributed by atoms with Gasteiger partial charge < -0.3 is 15.8 Å². The van der Waals surface area contributed by atoms with Crippen LogP contribution in [0.2, 0.25) is 0 Å². The Balaban J connectivity index is 3.75. The monoisotopic (exact) mass is 244 g/mol. The van der Waals surface area contributed by atoms with E-state index in [9.17, 15) is 4.79 Å². The highest BCUT2D eigenvalue weighted by atomic mass is 16.5. The third kappa shape index (κ3) is 9.12. The first-order chi connectivity index (χ1) is 7.91. The Morgan fingerprint density at radius 3 is 2.65 bits per heavy atom. The molecule has 0 rings (SSSR count). The van der Waals surface area contributed by atoms with Gasteiger partial charge in [0.1, 0.15) is 0 Å². The third-order valence-corrected chi connectivity index (χ3v) is 3.00. The SMILES string of the molecule is COC(C)CCC(=O)NCC(C)(C)CCCN. The molecule has 4 nitrogen and oxygen atoms in total. The maximum Gasteiger partial charge on any atom is 0.220 e. The molecule has 17 heavy (non-hydrogen) atoms. The van der Waals surface area contributed by atoms with Gasteiger partial charge in [0.15, 0.2) is 0 Å². The normalized spacial score (nSPS) is 13.5. The molecule has 0 bridgehead atoms. The topological polar surface area (TPSA) is 64.3 Å². The molecule has 3 N–H and O–H groups in total. The molecule has 4 heteroatoms. The van der Waals surface area contributed by atoms with E-state index in [1.165, 1.54) is 0 Å². The number of amides is 1. The van der Waals surface area contributed by atoms with E-state index in [2.05, 4.69) is 19.2 Å². The molecule has 0 saturated heterocycles. The van der Waals surface area contributed by atoms with Crippen molar-refractivity contribution in [2.24, 2.45) is 11.1 Å². The molecule has 1 amide bonds. The van der Waals surface area contributed by atoms with Gasteiger partial charge in [-0.05, 0) is 38.1 Å². The van der Waals surface area contributed by atoms with Crippen molar-refractivity contribution in [1.82, 2.24) is 5.32 Å².